The fourth-order valence-corrected chi connectivity index (χ4v) is 2.51. The van der Waals surface area contributed by atoms with Gasteiger partial charge in [-0.3, -0.25) is 4.79 Å². The third-order valence-electron chi connectivity index (χ3n) is 3.49. The highest BCUT2D eigenvalue weighted by Crippen LogP contribution is 2.39. The molecule has 2 nitrogen and oxygen atoms in total. The average Bonchev–Trinajstić information content (AvgIpc) is 2.44. The fourth-order valence-electron chi connectivity index (χ4n) is 2.38. The normalized spacial score (nSPS) is 21.7. The van der Waals surface area contributed by atoms with Gasteiger partial charge in [-0.1, -0.05) is 48.9 Å². The molecule has 0 aliphatic carbocycles. The minimum Gasteiger partial charge on any atom is -0.478 e. The first kappa shape index (κ1) is 12.2. The maximum atomic E-state index is 12.4. The Morgan fingerprint density at radius 2 is 1.74 bits per heavy atom. The first-order valence-corrected chi connectivity index (χ1v) is 6.59. The highest BCUT2D eigenvalue weighted by atomic mass is 35.5. The molecule has 2 atom stereocenters. The van der Waals surface area contributed by atoms with Gasteiger partial charge in [0.1, 0.15) is 5.75 Å². The van der Waals surface area contributed by atoms with Gasteiger partial charge in [0.25, 0.3) is 0 Å². The number of carbonyl (C=O) groups excluding carboxylic acids is 1. The van der Waals surface area contributed by atoms with E-state index in [0.29, 0.717) is 5.02 Å². The number of para-hydroxylation sites is 1. The Morgan fingerprint density at radius 3 is 2.47 bits per heavy atom. The van der Waals surface area contributed by atoms with Gasteiger partial charge in [-0.15, -0.1) is 0 Å². The average molecular weight is 273 g/mol. The molecule has 0 fully saturated rings. The predicted molar refractivity (Wildman–Crippen MR) is 74.7 cm³/mol. The molecule has 0 radical (unpaired) electrons. The number of ether oxygens (including phenoxy) is 1. The Balaban J connectivity index is 2.01. The van der Waals surface area contributed by atoms with Crippen molar-refractivity contribution in [2.75, 3.05) is 0 Å². The number of carbonyl (C=O) groups is 1. The van der Waals surface area contributed by atoms with E-state index >= 15 is 0 Å². The lowest BCUT2D eigenvalue weighted by molar-refractivity contribution is -0.128. The van der Waals surface area contributed by atoms with E-state index in [-0.39, 0.29) is 11.7 Å². The monoisotopic (exact) mass is 272 g/mol. The van der Waals surface area contributed by atoms with Crippen molar-refractivity contribution < 1.29 is 9.53 Å². The van der Waals surface area contributed by atoms with Crippen molar-refractivity contribution in [3.63, 3.8) is 0 Å². The molecule has 2 aromatic carbocycles. The van der Waals surface area contributed by atoms with Crippen molar-refractivity contribution in [2.24, 2.45) is 0 Å². The summed E-state index contributed by atoms with van der Waals surface area (Å²) in [4.78, 5) is 12.4. The third kappa shape index (κ3) is 2.13. The van der Waals surface area contributed by atoms with E-state index in [1.54, 1.807) is 12.1 Å². The lowest BCUT2D eigenvalue weighted by atomic mass is 9.87. The van der Waals surface area contributed by atoms with Crippen molar-refractivity contribution in [1.82, 2.24) is 0 Å². The highest BCUT2D eigenvalue weighted by molar-refractivity contribution is 6.30. The minimum atomic E-state index is -0.540. The molecular weight excluding hydrogens is 260 g/mol. The Hall–Kier alpha value is -1.80. The summed E-state index contributed by atoms with van der Waals surface area (Å²) in [6, 6.07) is 14.9. The van der Waals surface area contributed by atoms with Gasteiger partial charge in [0.15, 0.2) is 11.9 Å². The second kappa shape index (κ2) is 4.71. The van der Waals surface area contributed by atoms with Crippen LogP contribution in [0, 0.1) is 0 Å². The molecule has 3 rings (SSSR count). The van der Waals surface area contributed by atoms with Gasteiger partial charge in [-0.05, 0) is 23.8 Å². The third-order valence-corrected chi connectivity index (χ3v) is 3.74. The summed E-state index contributed by atoms with van der Waals surface area (Å²) in [6.07, 6.45) is -0.540. The van der Waals surface area contributed by atoms with Crippen LogP contribution in [0.5, 0.6) is 5.75 Å². The van der Waals surface area contributed by atoms with E-state index in [1.165, 1.54) is 0 Å². The molecule has 0 saturated heterocycles. The van der Waals surface area contributed by atoms with Crippen LogP contribution in [0.25, 0.3) is 0 Å². The van der Waals surface area contributed by atoms with Crippen LogP contribution in [-0.2, 0) is 4.79 Å². The van der Waals surface area contributed by atoms with Gasteiger partial charge in [-0.2, -0.15) is 0 Å². The van der Waals surface area contributed by atoms with Gasteiger partial charge in [0, 0.05) is 16.5 Å². The lowest BCUT2D eigenvalue weighted by Crippen LogP contribution is -2.28. The summed E-state index contributed by atoms with van der Waals surface area (Å²) in [5, 5.41) is 0.653. The quantitative estimate of drug-likeness (QED) is 0.780. The Bertz CT molecular complexity index is 619. The molecule has 0 saturated carbocycles. The molecule has 1 aliphatic rings. The first-order chi connectivity index (χ1) is 9.16. The van der Waals surface area contributed by atoms with Crippen molar-refractivity contribution in [1.29, 1.82) is 0 Å². The number of hydrogen-bond donors (Lipinski definition) is 0. The Morgan fingerprint density at radius 1 is 1.05 bits per heavy atom. The summed E-state index contributed by atoms with van der Waals surface area (Å²) in [5.74, 6) is 0.723. The van der Waals surface area contributed by atoms with Crippen molar-refractivity contribution in [2.45, 2.75) is 18.9 Å². The molecule has 3 heteroatoms. The Labute approximate surface area is 117 Å². The molecule has 1 heterocycles. The van der Waals surface area contributed by atoms with Gasteiger partial charge < -0.3 is 4.74 Å². The molecule has 19 heavy (non-hydrogen) atoms. The van der Waals surface area contributed by atoms with Gasteiger partial charge in [0.05, 0.1) is 0 Å². The molecule has 2 unspecified atom stereocenters. The van der Waals surface area contributed by atoms with Gasteiger partial charge in [-0.25, -0.2) is 0 Å². The van der Waals surface area contributed by atoms with Crippen LogP contribution >= 0.6 is 11.6 Å². The summed E-state index contributed by atoms with van der Waals surface area (Å²) in [7, 11) is 0. The maximum Gasteiger partial charge on any atom is 0.185 e. The van der Waals surface area contributed by atoms with E-state index in [1.807, 2.05) is 43.3 Å². The number of halogens is 1. The molecule has 0 bridgehead atoms. The van der Waals surface area contributed by atoms with Gasteiger partial charge in [0.2, 0.25) is 0 Å². The molecule has 0 aromatic heterocycles. The second-order valence-electron chi connectivity index (χ2n) is 4.71. The number of rotatable bonds is 1. The summed E-state index contributed by atoms with van der Waals surface area (Å²) in [6.45, 7) is 1.92. The van der Waals surface area contributed by atoms with Crippen molar-refractivity contribution in [3.05, 3.63) is 64.7 Å². The molecular formula is C16H13ClO2. The molecule has 2 aromatic rings. The van der Waals surface area contributed by atoms with Crippen molar-refractivity contribution >= 4 is 17.4 Å². The molecule has 1 aliphatic heterocycles. The molecule has 0 spiro atoms. The van der Waals surface area contributed by atoms with Crippen LogP contribution in [0.2, 0.25) is 5.02 Å². The minimum absolute atomic E-state index is 0.0843. The summed E-state index contributed by atoms with van der Waals surface area (Å²) >= 11 is 5.87. The number of fused-ring (bicyclic) bond motifs is 1. The van der Waals surface area contributed by atoms with E-state index in [4.69, 9.17) is 16.3 Å². The number of hydrogen-bond acceptors (Lipinski definition) is 2. The van der Waals surface area contributed by atoms with E-state index in [9.17, 15) is 4.79 Å². The zero-order valence-electron chi connectivity index (χ0n) is 10.5. The molecule has 96 valence electrons. The lowest BCUT2D eigenvalue weighted by Gasteiger charge is -2.29. The number of ketones is 1. The van der Waals surface area contributed by atoms with Gasteiger partial charge >= 0.3 is 0 Å². The zero-order valence-corrected chi connectivity index (χ0v) is 11.2. The van der Waals surface area contributed by atoms with Crippen LogP contribution in [0.4, 0.5) is 0 Å². The SMILES string of the molecule is CC1C(=O)C(c2ccc(Cl)cc2)Oc2ccccc21. The van der Waals surface area contributed by atoms with E-state index in [2.05, 4.69) is 0 Å². The van der Waals surface area contributed by atoms with Crippen molar-refractivity contribution in [3.8, 4) is 5.75 Å². The van der Waals surface area contributed by atoms with Crippen LogP contribution < -0.4 is 4.74 Å². The highest BCUT2D eigenvalue weighted by Gasteiger charge is 2.34. The Kier molecular flexibility index (Phi) is 3.03. The van der Waals surface area contributed by atoms with E-state index < -0.39 is 6.10 Å². The first-order valence-electron chi connectivity index (χ1n) is 6.21. The smallest absolute Gasteiger partial charge is 0.185 e. The largest absolute Gasteiger partial charge is 0.478 e. The van der Waals surface area contributed by atoms with Crippen LogP contribution in [0.1, 0.15) is 30.1 Å². The molecule has 0 amide bonds. The predicted octanol–water partition coefficient (Wildman–Crippen LogP) is 4.15. The summed E-state index contributed by atoms with van der Waals surface area (Å²) in [5.41, 5.74) is 1.80. The van der Waals surface area contributed by atoms with Crippen LogP contribution in [-0.4, -0.2) is 5.78 Å². The standard InChI is InChI=1S/C16H13ClO2/c1-10-13-4-2-3-5-14(13)19-16(15(10)18)11-6-8-12(17)9-7-11/h2-10,16H,1H3. The zero-order chi connectivity index (χ0) is 13.4. The number of benzene rings is 2. The van der Waals surface area contributed by atoms with Crippen LogP contribution in [0.15, 0.2) is 48.5 Å². The van der Waals surface area contributed by atoms with E-state index in [0.717, 1.165) is 16.9 Å². The van der Waals surface area contributed by atoms with Crippen LogP contribution in [0.3, 0.4) is 0 Å². The maximum absolute atomic E-state index is 12.4. The summed E-state index contributed by atoms with van der Waals surface area (Å²) < 4.78 is 5.85. The molecule has 0 N–H and O–H groups in total. The number of Topliss-reactive ketones (excluding diaryl/α,β-unsaturated/α-hetero) is 1. The fraction of sp³-hybridized carbons (Fsp3) is 0.188. The topological polar surface area (TPSA) is 26.3 Å². The second-order valence-corrected chi connectivity index (χ2v) is 5.15.